The summed E-state index contributed by atoms with van der Waals surface area (Å²) in [6.45, 7) is 6.57. The van der Waals surface area contributed by atoms with Gasteiger partial charge < -0.3 is 19.6 Å². The first-order valence-electron chi connectivity index (χ1n) is 11.8. The molecule has 0 aliphatic carbocycles. The second-order valence-corrected chi connectivity index (χ2v) is 9.72. The van der Waals surface area contributed by atoms with Gasteiger partial charge in [0, 0.05) is 41.9 Å². The zero-order valence-electron chi connectivity index (χ0n) is 19.7. The van der Waals surface area contributed by atoms with E-state index in [-0.39, 0.29) is 24.3 Å². The number of nitrogens with zero attached hydrogens (tertiary/aromatic N) is 4. The predicted octanol–water partition coefficient (Wildman–Crippen LogP) is 3.60. The van der Waals surface area contributed by atoms with E-state index in [1.807, 2.05) is 73.3 Å². The molecule has 1 spiro atoms. The van der Waals surface area contributed by atoms with E-state index >= 15 is 0 Å². The number of anilines is 1. The summed E-state index contributed by atoms with van der Waals surface area (Å²) in [4.78, 5) is 47.0. The highest BCUT2D eigenvalue weighted by molar-refractivity contribution is 9.10. The molecule has 2 fully saturated rings. The third kappa shape index (κ3) is 4.56. The summed E-state index contributed by atoms with van der Waals surface area (Å²) >= 11 is 3.41. The molecule has 4 rings (SSSR count). The molecular weight excluding hydrogens is 496 g/mol. The topological polar surface area (TPSA) is 64.2 Å². The van der Waals surface area contributed by atoms with Crippen molar-refractivity contribution in [1.82, 2.24) is 14.7 Å². The summed E-state index contributed by atoms with van der Waals surface area (Å²) in [6.07, 6.45) is 1.05. The van der Waals surface area contributed by atoms with Crippen LogP contribution in [0.4, 0.5) is 5.69 Å². The lowest BCUT2D eigenvalue weighted by Crippen LogP contribution is -2.57. The molecule has 2 aliphatic heterocycles. The standard InChI is InChI=1S/C26H31BrN4O3/c1-3-28(4-2)23(32)18-30-19-31(22-8-6-5-7-9-22)26(25(30)34)14-16-29(17-15-26)24(33)20-10-12-21(27)13-11-20/h5-13H,3-4,14-19H2,1-2H3. The SMILES string of the molecule is CCN(CC)C(=O)CN1CN(c2ccccc2)C2(CCN(C(=O)c3ccc(Br)cc3)CC2)C1=O. The molecule has 180 valence electrons. The van der Waals surface area contributed by atoms with Gasteiger partial charge in [0.2, 0.25) is 5.91 Å². The molecule has 2 aromatic rings. The molecule has 2 aliphatic rings. The molecule has 34 heavy (non-hydrogen) atoms. The van der Waals surface area contributed by atoms with Crippen molar-refractivity contribution in [2.75, 3.05) is 44.3 Å². The molecule has 8 heteroatoms. The molecule has 2 saturated heterocycles. The molecule has 2 heterocycles. The van der Waals surface area contributed by atoms with E-state index in [1.54, 1.807) is 9.80 Å². The average Bonchev–Trinajstić information content (AvgIpc) is 3.12. The third-order valence-electron chi connectivity index (χ3n) is 6.99. The Morgan fingerprint density at radius 1 is 0.971 bits per heavy atom. The van der Waals surface area contributed by atoms with Gasteiger partial charge in [0.25, 0.3) is 11.8 Å². The minimum absolute atomic E-state index is 0.0207. The van der Waals surface area contributed by atoms with Crippen LogP contribution in [0.5, 0.6) is 0 Å². The molecule has 0 saturated carbocycles. The van der Waals surface area contributed by atoms with Gasteiger partial charge >= 0.3 is 0 Å². The largest absolute Gasteiger partial charge is 0.342 e. The number of likely N-dealkylation sites (tertiary alicyclic amines) is 1. The van der Waals surface area contributed by atoms with Crippen LogP contribution in [0.15, 0.2) is 59.1 Å². The smallest absolute Gasteiger partial charge is 0.253 e. The summed E-state index contributed by atoms with van der Waals surface area (Å²) in [5, 5.41) is 0. The van der Waals surface area contributed by atoms with Crippen LogP contribution < -0.4 is 4.90 Å². The molecule has 0 N–H and O–H groups in total. The van der Waals surface area contributed by atoms with Crippen LogP contribution in [0, 0.1) is 0 Å². The van der Waals surface area contributed by atoms with Gasteiger partial charge in [-0.1, -0.05) is 34.1 Å². The fraction of sp³-hybridized carbons (Fsp3) is 0.423. The van der Waals surface area contributed by atoms with Gasteiger partial charge in [-0.2, -0.15) is 0 Å². The maximum absolute atomic E-state index is 13.8. The molecule has 3 amide bonds. The number of benzene rings is 2. The number of likely N-dealkylation sites (N-methyl/N-ethyl adjacent to an activating group) is 1. The number of carbonyl (C=O) groups is 3. The molecule has 0 radical (unpaired) electrons. The Morgan fingerprint density at radius 3 is 2.18 bits per heavy atom. The Bertz CT molecular complexity index is 1030. The van der Waals surface area contributed by atoms with Gasteiger partial charge in [-0.25, -0.2) is 0 Å². The van der Waals surface area contributed by atoms with Crippen LogP contribution in [0.3, 0.4) is 0 Å². The highest BCUT2D eigenvalue weighted by atomic mass is 79.9. The number of piperidine rings is 1. The van der Waals surface area contributed by atoms with Crippen LogP contribution in [-0.4, -0.2) is 77.4 Å². The summed E-state index contributed by atoms with van der Waals surface area (Å²) in [5.41, 5.74) is 0.853. The van der Waals surface area contributed by atoms with Crippen molar-refractivity contribution < 1.29 is 14.4 Å². The Morgan fingerprint density at radius 2 is 1.59 bits per heavy atom. The molecule has 0 aromatic heterocycles. The van der Waals surface area contributed by atoms with Crippen molar-refractivity contribution in [3.05, 3.63) is 64.6 Å². The lowest BCUT2D eigenvalue weighted by molar-refractivity contribution is -0.140. The van der Waals surface area contributed by atoms with Crippen molar-refractivity contribution in [2.24, 2.45) is 0 Å². The Labute approximate surface area is 209 Å². The van der Waals surface area contributed by atoms with E-state index in [9.17, 15) is 14.4 Å². The average molecular weight is 527 g/mol. The van der Waals surface area contributed by atoms with Gasteiger partial charge in [-0.3, -0.25) is 14.4 Å². The second-order valence-electron chi connectivity index (χ2n) is 8.80. The molecule has 0 atom stereocenters. The molecule has 0 bridgehead atoms. The molecule has 7 nitrogen and oxygen atoms in total. The normalized spacial score (nSPS) is 17.4. The Hall–Kier alpha value is -2.87. The van der Waals surface area contributed by atoms with Crippen molar-refractivity contribution in [1.29, 1.82) is 0 Å². The summed E-state index contributed by atoms with van der Waals surface area (Å²) in [6, 6.07) is 17.2. The van der Waals surface area contributed by atoms with Gasteiger partial charge in [0.15, 0.2) is 0 Å². The first kappa shape index (κ1) is 24.3. The van der Waals surface area contributed by atoms with Crippen molar-refractivity contribution >= 4 is 39.3 Å². The Balaban J connectivity index is 1.55. The first-order chi connectivity index (χ1) is 16.4. The van der Waals surface area contributed by atoms with E-state index in [0.29, 0.717) is 51.3 Å². The highest BCUT2D eigenvalue weighted by Crippen LogP contribution is 2.39. The van der Waals surface area contributed by atoms with E-state index in [2.05, 4.69) is 20.8 Å². The number of amides is 3. The minimum atomic E-state index is -0.749. The van der Waals surface area contributed by atoms with Gasteiger partial charge in [0.05, 0.1) is 6.67 Å². The quantitative estimate of drug-likeness (QED) is 0.576. The summed E-state index contributed by atoms with van der Waals surface area (Å²) < 4.78 is 0.927. The van der Waals surface area contributed by atoms with Crippen LogP contribution in [0.25, 0.3) is 0 Å². The van der Waals surface area contributed by atoms with Crippen LogP contribution in [-0.2, 0) is 9.59 Å². The number of hydrogen-bond donors (Lipinski definition) is 0. The summed E-state index contributed by atoms with van der Waals surface area (Å²) in [5.74, 6) is -0.0773. The number of para-hydroxylation sites is 1. The maximum Gasteiger partial charge on any atom is 0.253 e. The molecule has 2 aromatic carbocycles. The van der Waals surface area contributed by atoms with Crippen molar-refractivity contribution in [2.45, 2.75) is 32.2 Å². The predicted molar refractivity (Wildman–Crippen MR) is 135 cm³/mol. The lowest BCUT2D eigenvalue weighted by atomic mass is 9.85. The second kappa shape index (κ2) is 10.2. The van der Waals surface area contributed by atoms with Gasteiger partial charge in [-0.15, -0.1) is 0 Å². The number of rotatable bonds is 6. The van der Waals surface area contributed by atoms with Crippen LogP contribution >= 0.6 is 15.9 Å². The van der Waals surface area contributed by atoms with E-state index < -0.39 is 5.54 Å². The third-order valence-corrected chi connectivity index (χ3v) is 7.52. The summed E-state index contributed by atoms with van der Waals surface area (Å²) in [7, 11) is 0. The molecule has 0 unspecified atom stereocenters. The monoisotopic (exact) mass is 526 g/mol. The number of carbonyl (C=O) groups excluding carboxylic acids is 3. The lowest BCUT2D eigenvalue weighted by Gasteiger charge is -2.43. The first-order valence-corrected chi connectivity index (χ1v) is 12.6. The van der Waals surface area contributed by atoms with Gasteiger partial charge in [0.1, 0.15) is 12.1 Å². The van der Waals surface area contributed by atoms with Crippen molar-refractivity contribution in [3.8, 4) is 0 Å². The highest BCUT2D eigenvalue weighted by Gasteiger charge is 2.54. The Kier molecular flexibility index (Phi) is 7.26. The van der Waals surface area contributed by atoms with Crippen LogP contribution in [0.2, 0.25) is 0 Å². The van der Waals surface area contributed by atoms with Crippen LogP contribution in [0.1, 0.15) is 37.0 Å². The van der Waals surface area contributed by atoms with E-state index in [0.717, 1.165) is 10.2 Å². The number of hydrogen-bond acceptors (Lipinski definition) is 4. The number of halogens is 1. The maximum atomic E-state index is 13.8. The zero-order valence-corrected chi connectivity index (χ0v) is 21.3. The van der Waals surface area contributed by atoms with E-state index in [1.165, 1.54) is 0 Å². The van der Waals surface area contributed by atoms with Gasteiger partial charge in [-0.05, 0) is 63.1 Å². The minimum Gasteiger partial charge on any atom is -0.342 e. The fourth-order valence-corrected chi connectivity index (χ4v) is 5.28. The fourth-order valence-electron chi connectivity index (χ4n) is 5.02. The zero-order chi connectivity index (χ0) is 24.3. The van der Waals surface area contributed by atoms with Crippen molar-refractivity contribution in [3.63, 3.8) is 0 Å². The van der Waals surface area contributed by atoms with E-state index in [4.69, 9.17) is 0 Å². The molecular formula is C26H31BrN4O3.